The SMILES string of the molecule is C=CC1CC(=O)C1(Cl)Cl. The molecule has 1 fully saturated rings. The Bertz CT molecular complexity index is 162. The van der Waals surface area contributed by atoms with Gasteiger partial charge in [0.25, 0.3) is 0 Å². The van der Waals surface area contributed by atoms with Crippen LogP contribution in [-0.2, 0) is 4.79 Å². The van der Waals surface area contributed by atoms with Crippen molar-refractivity contribution in [2.24, 2.45) is 5.92 Å². The van der Waals surface area contributed by atoms with Crippen LogP contribution in [0.4, 0.5) is 0 Å². The molecule has 0 amide bonds. The van der Waals surface area contributed by atoms with E-state index in [2.05, 4.69) is 6.58 Å². The van der Waals surface area contributed by atoms with Gasteiger partial charge in [0.2, 0.25) is 0 Å². The number of alkyl halides is 2. The Morgan fingerprint density at radius 3 is 2.44 bits per heavy atom. The van der Waals surface area contributed by atoms with E-state index in [0.29, 0.717) is 6.42 Å². The van der Waals surface area contributed by atoms with Crippen molar-refractivity contribution < 1.29 is 4.79 Å². The smallest absolute Gasteiger partial charge is 0.182 e. The van der Waals surface area contributed by atoms with Gasteiger partial charge in [0, 0.05) is 12.3 Å². The summed E-state index contributed by atoms with van der Waals surface area (Å²) in [7, 11) is 0. The summed E-state index contributed by atoms with van der Waals surface area (Å²) in [5, 5.41) is 0. The van der Waals surface area contributed by atoms with Crippen molar-refractivity contribution in [2.75, 3.05) is 0 Å². The van der Waals surface area contributed by atoms with Gasteiger partial charge in [-0.15, -0.1) is 6.58 Å². The van der Waals surface area contributed by atoms with Crippen LogP contribution in [0.2, 0.25) is 0 Å². The minimum atomic E-state index is -1.16. The second-order valence-corrected chi connectivity index (χ2v) is 3.48. The number of hydrogen-bond donors (Lipinski definition) is 0. The lowest BCUT2D eigenvalue weighted by atomic mass is 9.83. The van der Waals surface area contributed by atoms with Crippen LogP contribution in [0, 0.1) is 5.92 Å². The lowest BCUT2D eigenvalue weighted by molar-refractivity contribution is -0.126. The van der Waals surface area contributed by atoms with Crippen LogP contribution in [0.5, 0.6) is 0 Å². The highest BCUT2D eigenvalue weighted by atomic mass is 35.5. The fourth-order valence-electron chi connectivity index (χ4n) is 0.771. The Balaban J connectivity index is 2.69. The minimum Gasteiger partial charge on any atom is -0.296 e. The van der Waals surface area contributed by atoms with Crippen LogP contribution in [0.3, 0.4) is 0 Å². The third-order valence-corrected chi connectivity index (χ3v) is 2.51. The number of halogens is 2. The number of allylic oxidation sites excluding steroid dienone is 1. The van der Waals surface area contributed by atoms with E-state index < -0.39 is 4.33 Å². The summed E-state index contributed by atoms with van der Waals surface area (Å²) < 4.78 is -1.16. The first-order valence-electron chi connectivity index (χ1n) is 2.62. The van der Waals surface area contributed by atoms with Gasteiger partial charge in [-0.1, -0.05) is 29.3 Å². The number of Topliss-reactive ketones (excluding diaryl/α,β-unsaturated/α-hetero) is 1. The van der Waals surface area contributed by atoms with Crippen molar-refractivity contribution in [3.05, 3.63) is 12.7 Å². The molecule has 0 heterocycles. The molecule has 1 unspecified atom stereocenters. The van der Waals surface area contributed by atoms with Gasteiger partial charge in [-0.2, -0.15) is 0 Å². The summed E-state index contributed by atoms with van der Waals surface area (Å²) in [5.74, 6) is -0.149. The zero-order valence-corrected chi connectivity index (χ0v) is 6.24. The van der Waals surface area contributed by atoms with E-state index in [4.69, 9.17) is 23.2 Å². The summed E-state index contributed by atoms with van der Waals surface area (Å²) in [4.78, 5) is 10.6. The lowest BCUT2D eigenvalue weighted by Gasteiger charge is -2.35. The third kappa shape index (κ3) is 0.886. The summed E-state index contributed by atoms with van der Waals surface area (Å²) in [5.41, 5.74) is 0. The Labute approximate surface area is 63.6 Å². The monoisotopic (exact) mass is 164 g/mol. The van der Waals surface area contributed by atoms with E-state index in [1.807, 2.05) is 0 Å². The first-order chi connectivity index (χ1) is 4.09. The van der Waals surface area contributed by atoms with Crippen molar-refractivity contribution in [1.29, 1.82) is 0 Å². The van der Waals surface area contributed by atoms with Crippen molar-refractivity contribution in [3.8, 4) is 0 Å². The Kier molecular flexibility index (Phi) is 1.57. The van der Waals surface area contributed by atoms with Crippen LogP contribution in [-0.4, -0.2) is 10.1 Å². The molecular weight excluding hydrogens is 159 g/mol. The summed E-state index contributed by atoms with van der Waals surface area (Å²) in [6, 6.07) is 0. The van der Waals surface area contributed by atoms with Crippen LogP contribution in [0.1, 0.15) is 6.42 Å². The third-order valence-electron chi connectivity index (χ3n) is 1.53. The molecule has 0 aromatic heterocycles. The molecular formula is C6H6Cl2O. The van der Waals surface area contributed by atoms with Crippen LogP contribution in [0.25, 0.3) is 0 Å². The van der Waals surface area contributed by atoms with Gasteiger partial charge in [0.15, 0.2) is 10.1 Å². The number of rotatable bonds is 1. The zero-order valence-electron chi connectivity index (χ0n) is 4.73. The molecule has 50 valence electrons. The van der Waals surface area contributed by atoms with E-state index in [1.165, 1.54) is 0 Å². The maximum atomic E-state index is 10.6. The Morgan fingerprint density at radius 1 is 1.78 bits per heavy atom. The van der Waals surface area contributed by atoms with Gasteiger partial charge in [0.1, 0.15) is 0 Å². The van der Waals surface area contributed by atoms with Crippen LogP contribution < -0.4 is 0 Å². The first kappa shape index (κ1) is 7.10. The van der Waals surface area contributed by atoms with Gasteiger partial charge >= 0.3 is 0 Å². The van der Waals surface area contributed by atoms with E-state index >= 15 is 0 Å². The molecule has 1 nitrogen and oxygen atoms in total. The number of hydrogen-bond acceptors (Lipinski definition) is 1. The predicted octanol–water partition coefficient (Wildman–Crippen LogP) is 1.94. The highest BCUT2D eigenvalue weighted by molar-refractivity contribution is 6.60. The Hall–Kier alpha value is -0.0100. The maximum Gasteiger partial charge on any atom is 0.182 e. The topological polar surface area (TPSA) is 17.1 Å². The highest BCUT2D eigenvalue weighted by Gasteiger charge is 2.50. The summed E-state index contributed by atoms with van der Waals surface area (Å²) in [6.45, 7) is 3.49. The number of ketones is 1. The van der Waals surface area contributed by atoms with Crippen LogP contribution >= 0.6 is 23.2 Å². The highest BCUT2D eigenvalue weighted by Crippen LogP contribution is 2.44. The summed E-state index contributed by atoms with van der Waals surface area (Å²) >= 11 is 11.1. The molecule has 1 rings (SSSR count). The Morgan fingerprint density at radius 2 is 2.33 bits per heavy atom. The van der Waals surface area contributed by atoms with Crippen molar-refractivity contribution in [3.63, 3.8) is 0 Å². The van der Waals surface area contributed by atoms with Gasteiger partial charge in [-0.05, 0) is 0 Å². The average Bonchev–Trinajstić information content (AvgIpc) is 1.82. The number of carbonyl (C=O) groups excluding carboxylic acids is 1. The molecule has 0 saturated heterocycles. The van der Waals surface area contributed by atoms with E-state index in [-0.39, 0.29) is 11.7 Å². The van der Waals surface area contributed by atoms with Crippen LogP contribution in [0.15, 0.2) is 12.7 Å². The van der Waals surface area contributed by atoms with Gasteiger partial charge < -0.3 is 0 Å². The molecule has 0 aliphatic heterocycles. The molecule has 0 spiro atoms. The standard InChI is InChI=1S/C6H6Cl2O/c1-2-4-3-5(9)6(4,7)8/h2,4H,1,3H2. The van der Waals surface area contributed by atoms with Crippen molar-refractivity contribution in [1.82, 2.24) is 0 Å². The molecule has 1 saturated carbocycles. The summed E-state index contributed by atoms with van der Waals surface area (Å²) in [6.07, 6.45) is 2.05. The minimum absolute atomic E-state index is 0.0478. The maximum absolute atomic E-state index is 10.6. The zero-order chi connectivity index (χ0) is 7.07. The van der Waals surface area contributed by atoms with E-state index in [0.717, 1.165) is 0 Å². The molecule has 0 aromatic carbocycles. The molecule has 0 radical (unpaired) electrons. The second-order valence-electron chi connectivity index (χ2n) is 2.09. The first-order valence-corrected chi connectivity index (χ1v) is 3.38. The van der Waals surface area contributed by atoms with Gasteiger partial charge in [-0.25, -0.2) is 0 Å². The van der Waals surface area contributed by atoms with Gasteiger partial charge in [0.05, 0.1) is 0 Å². The van der Waals surface area contributed by atoms with Gasteiger partial charge in [-0.3, -0.25) is 4.79 Å². The molecule has 0 aromatic rings. The van der Waals surface area contributed by atoms with E-state index in [1.54, 1.807) is 6.08 Å². The average molecular weight is 165 g/mol. The quantitative estimate of drug-likeness (QED) is 0.428. The second kappa shape index (κ2) is 1.99. The normalized spacial score (nSPS) is 31.3. The molecule has 0 bridgehead atoms. The van der Waals surface area contributed by atoms with E-state index in [9.17, 15) is 4.79 Å². The number of carbonyl (C=O) groups is 1. The molecule has 3 heteroatoms. The van der Waals surface area contributed by atoms with Crippen molar-refractivity contribution >= 4 is 29.0 Å². The molecule has 1 aliphatic carbocycles. The fourth-order valence-corrected chi connectivity index (χ4v) is 1.26. The van der Waals surface area contributed by atoms with Crippen molar-refractivity contribution in [2.45, 2.75) is 10.8 Å². The molecule has 9 heavy (non-hydrogen) atoms. The lowest BCUT2D eigenvalue weighted by Crippen LogP contribution is -2.46. The molecule has 0 N–H and O–H groups in total. The predicted molar refractivity (Wildman–Crippen MR) is 37.7 cm³/mol. The fraction of sp³-hybridized carbons (Fsp3) is 0.500. The largest absolute Gasteiger partial charge is 0.296 e. The molecule has 1 aliphatic rings. The molecule has 1 atom stereocenters.